The lowest BCUT2D eigenvalue weighted by atomic mass is 9.81. The monoisotopic (exact) mass is 525 g/mol. The van der Waals surface area contributed by atoms with Crippen molar-refractivity contribution in [2.45, 2.75) is 13.8 Å². The number of aromatic nitrogens is 1. The summed E-state index contributed by atoms with van der Waals surface area (Å²) in [6.07, 6.45) is 0. The SMILES string of the molecule is Cc1noc(C)c1-c1c2ccccc2c(-c2c3ccccc3c(-c3ccccc3)c3ccccc23)c2ccccc12. The highest BCUT2D eigenvalue weighted by molar-refractivity contribution is 6.30. The quantitative estimate of drug-likeness (QED) is 0.214. The van der Waals surface area contributed by atoms with Crippen molar-refractivity contribution in [2.75, 3.05) is 0 Å². The second-order valence-electron chi connectivity index (χ2n) is 10.7. The topological polar surface area (TPSA) is 26.0 Å². The van der Waals surface area contributed by atoms with Gasteiger partial charge in [-0.05, 0) is 79.2 Å². The van der Waals surface area contributed by atoms with Crippen LogP contribution in [0.4, 0.5) is 0 Å². The molecule has 8 aromatic rings. The van der Waals surface area contributed by atoms with Crippen LogP contribution in [0.3, 0.4) is 0 Å². The van der Waals surface area contributed by atoms with Gasteiger partial charge in [-0.2, -0.15) is 0 Å². The number of aryl methyl sites for hydroxylation is 2. The summed E-state index contributed by atoms with van der Waals surface area (Å²) in [6, 6.07) is 46.2. The first-order chi connectivity index (χ1) is 20.2. The van der Waals surface area contributed by atoms with Crippen LogP contribution < -0.4 is 0 Å². The number of benzene rings is 7. The summed E-state index contributed by atoms with van der Waals surface area (Å²) in [6.45, 7) is 4.04. The molecule has 0 fully saturated rings. The van der Waals surface area contributed by atoms with Crippen LogP contribution in [0.5, 0.6) is 0 Å². The molecule has 0 atom stereocenters. The van der Waals surface area contributed by atoms with Crippen molar-refractivity contribution in [1.82, 2.24) is 5.16 Å². The molecule has 0 aliphatic rings. The Kier molecular flexibility index (Phi) is 5.30. The first kappa shape index (κ1) is 23.7. The fourth-order valence-electron chi connectivity index (χ4n) is 6.82. The van der Waals surface area contributed by atoms with Crippen molar-refractivity contribution < 1.29 is 4.52 Å². The van der Waals surface area contributed by atoms with E-state index in [9.17, 15) is 0 Å². The zero-order valence-corrected chi connectivity index (χ0v) is 23.0. The standard InChI is InChI=1S/C39H27NO/c1-24-35(25(2)41-40-24)37-31-20-10-12-22-33(31)39(34-23-13-11-21-32(34)37)38-29-18-8-6-16-27(29)36(26-14-4-3-5-15-26)28-17-7-9-19-30(28)38/h3-23H,1-2H3. The minimum atomic E-state index is 0.841. The van der Waals surface area contributed by atoms with Crippen LogP contribution in [0.1, 0.15) is 11.5 Å². The van der Waals surface area contributed by atoms with Gasteiger partial charge < -0.3 is 4.52 Å². The maximum atomic E-state index is 5.68. The third-order valence-corrected chi connectivity index (χ3v) is 8.46. The molecule has 7 aromatic carbocycles. The van der Waals surface area contributed by atoms with Crippen LogP contribution in [0.15, 0.2) is 132 Å². The molecule has 0 N–H and O–H groups in total. The van der Waals surface area contributed by atoms with E-state index < -0.39 is 0 Å². The van der Waals surface area contributed by atoms with E-state index in [0.717, 1.165) is 17.0 Å². The molecular formula is C39H27NO. The fourth-order valence-corrected chi connectivity index (χ4v) is 6.82. The largest absolute Gasteiger partial charge is 0.361 e. The Morgan fingerprint density at radius 2 is 0.683 bits per heavy atom. The molecule has 2 heteroatoms. The van der Waals surface area contributed by atoms with Gasteiger partial charge in [0.2, 0.25) is 0 Å². The maximum absolute atomic E-state index is 5.68. The Hall–Kier alpha value is -5.21. The molecule has 8 rings (SSSR count). The smallest absolute Gasteiger partial charge is 0.141 e. The van der Waals surface area contributed by atoms with E-state index in [4.69, 9.17) is 4.52 Å². The third kappa shape index (κ3) is 3.47. The lowest BCUT2D eigenvalue weighted by Crippen LogP contribution is -1.95. The van der Waals surface area contributed by atoms with Crippen LogP contribution >= 0.6 is 0 Å². The lowest BCUT2D eigenvalue weighted by Gasteiger charge is -2.22. The van der Waals surface area contributed by atoms with Gasteiger partial charge in [0.15, 0.2) is 0 Å². The van der Waals surface area contributed by atoms with Gasteiger partial charge in [0.05, 0.1) is 5.69 Å². The summed E-state index contributed by atoms with van der Waals surface area (Å²) in [5.74, 6) is 0.841. The van der Waals surface area contributed by atoms with E-state index >= 15 is 0 Å². The van der Waals surface area contributed by atoms with E-state index in [1.54, 1.807) is 0 Å². The summed E-state index contributed by atoms with van der Waals surface area (Å²) in [5.41, 5.74) is 8.22. The Balaban J connectivity index is 1.62. The van der Waals surface area contributed by atoms with Gasteiger partial charge in [-0.3, -0.25) is 0 Å². The number of rotatable bonds is 3. The molecule has 194 valence electrons. The van der Waals surface area contributed by atoms with Crippen molar-refractivity contribution in [1.29, 1.82) is 0 Å². The number of hydrogen-bond donors (Lipinski definition) is 0. The molecular weight excluding hydrogens is 498 g/mol. The predicted octanol–water partition coefficient (Wildman–Crippen LogP) is 10.9. The van der Waals surface area contributed by atoms with Gasteiger partial charge >= 0.3 is 0 Å². The lowest BCUT2D eigenvalue weighted by molar-refractivity contribution is 0.393. The fraction of sp³-hybridized carbons (Fsp3) is 0.0513. The number of fused-ring (bicyclic) bond motifs is 4. The zero-order valence-electron chi connectivity index (χ0n) is 23.0. The van der Waals surface area contributed by atoms with Crippen molar-refractivity contribution in [3.8, 4) is 33.4 Å². The van der Waals surface area contributed by atoms with Gasteiger partial charge in [-0.25, -0.2) is 0 Å². The van der Waals surface area contributed by atoms with Crippen molar-refractivity contribution in [2.24, 2.45) is 0 Å². The number of hydrogen-bond acceptors (Lipinski definition) is 2. The molecule has 41 heavy (non-hydrogen) atoms. The summed E-state index contributed by atoms with van der Waals surface area (Å²) in [4.78, 5) is 0. The number of nitrogens with zero attached hydrogens (tertiary/aromatic N) is 1. The summed E-state index contributed by atoms with van der Waals surface area (Å²) < 4.78 is 5.68. The van der Waals surface area contributed by atoms with Crippen molar-refractivity contribution >= 4 is 43.1 Å². The Bertz CT molecular complexity index is 2140. The third-order valence-electron chi connectivity index (χ3n) is 8.46. The molecule has 2 nitrogen and oxygen atoms in total. The Morgan fingerprint density at radius 1 is 0.366 bits per heavy atom. The van der Waals surface area contributed by atoms with Crippen LogP contribution in [0, 0.1) is 13.8 Å². The Morgan fingerprint density at radius 3 is 1.02 bits per heavy atom. The molecule has 0 amide bonds. The minimum Gasteiger partial charge on any atom is -0.361 e. The highest BCUT2D eigenvalue weighted by Gasteiger charge is 2.24. The van der Waals surface area contributed by atoms with Gasteiger partial charge in [-0.1, -0.05) is 133 Å². The second-order valence-corrected chi connectivity index (χ2v) is 10.7. The van der Waals surface area contributed by atoms with E-state index in [1.165, 1.54) is 70.9 Å². The molecule has 0 saturated heterocycles. The minimum absolute atomic E-state index is 0.841. The first-order valence-electron chi connectivity index (χ1n) is 14.1. The average Bonchev–Trinajstić information content (AvgIpc) is 3.36. The van der Waals surface area contributed by atoms with Crippen LogP contribution in [-0.2, 0) is 0 Å². The highest BCUT2D eigenvalue weighted by Crippen LogP contribution is 2.50. The van der Waals surface area contributed by atoms with Gasteiger partial charge in [0.1, 0.15) is 5.76 Å². The maximum Gasteiger partial charge on any atom is 0.141 e. The van der Waals surface area contributed by atoms with Crippen molar-refractivity contribution in [3.05, 3.63) is 139 Å². The van der Waals surface area contributed by atoms with Crippen LogP contribution in [0.2, 0.25) is 0 Å². The van der Waals surface area contributed by atoms with Crippen LogP contribution in [-0.4, -0.2) is 5.16 Å². The molecule has 0 unspecified atom stereocenters. The molecule has 0 saturated carbocycles. The normalized spacial score (nSPS) is 11.7. The van der Waals surface area contributed by atoms with E-state index in [0.29, 0.717) is 0 Å². The van der Waals surface area contributed by atoms with Crippen LogP contribution in [0.25, 0.3) is 76.5 Å². The Labute approximate surface area is 238 Å². The molecule has 0 aliphatic heterocycles. The first-order valence-corrected chi connectivity index (χ1v) is 14.1. The molecule has 1 aromatic heterocycles. The summed E-state index contributed by atoms with van der Waals surface area (Å²) in [5, 5.41) is 14.2. The van der Waals surface area contributed by atoms with Gasteiger partial charge in [0, 0.05) is 11.1 Å². The molecule has 0 radical (unpaired) electrons. The van der Waals surface area contributed by atoms with Crippen molar-refractivity contribution in [3.63, 3.8) is 0 Å². The van der Waals surface area contributed by atoms with Gasteiger partial charge in [0.25, 0.3) is 0 Å². The predicted molar refractivity (Wildman–Crippen MR) is 172 cm³/mol. The van der Waals surface area contributed by atoms with E-state index in [1.807, 2.05) is 13.8 Å². The van der Waals surface area contributed by atoms with E-state index in [2.05, 4.69) is 133 Å². The average molecular weight is 526 g/mol. The molecule has 0 bridgehead atoms. The zero-order chi connectivity index (χ0) is 27.5. The second kappa shape index (κ2) is 9.18. The molecule has 1 heterocycles. The van der Waals surface area contributed by atoms with E-state index in [-0.39, 0.29) is 0 Å². The summed E-state index contributed by atoms with van der Waals surface area (Å²) in [7, 11) is 0. The molecule has 0 aliphatic carbocycles. The highest BCUT2D eigenvalue weighted by atomic mass is 16.5. The summed E-state index contributed by atoms with van der Waals surface area (Å²) >= 11 is 0. The molecule has 0 spiro atoms. The van der Waals surface area contributed by atoms with Gasteiger partial charge in [-0.15, -0.1) is 0 Å².